The van der Waals surface area contributed by atoms with Crippen LogP contribution in [0.15, 0.2) is 4.99 Å². The number of hydrogen-bond acceptors (Lipinski definition) is 3. The molecule has 1 aliphatic heterocycles. The molecule has 20 heavy (non-hydrogen) atoms. The Kier molecular flexibility index (Phi) is 4.83. The number of nitrogens with zero attached hydrogens (tertiary/aromatic N) is 1. The highest BCUT2D eigenvalue weighted by atomic mass is 32.2. The zero-order chi connectivity index (χ0) is 13.5. The Morgan fingerprint density at radius 1 is 1.30 bits per heavy atom. The van der Waals surface area contributed by atoms with E-state index in [-0.39, 0.29) is 24.1 Å². The molecule has 0 spiro atoms. The molecule has 1 heterocycles. The lowest BCUT2D eigenvalue weighted by Crippen LogP contribution is -2.52. The van der Waals surface area contributed by atoms with Crippen molar-refractivity contribution < 1.29 is 4.79 Å². The Morgan fingerprint density at radius 3 is 2.50 bits per heavy atom. The highest BCUT2D eigenvalue weighted by Gasteiger charge is 2.41. The van der Waals surface area contributed by atoms with Crippen molar-refractivity contribution in [2.75, 3.05) is 0 Å². The van der Waals surface area contributed by atoms with E-state index in [9.17, 15) is 4.79 Å². The molecular weight excluding hydrogens is 268 g/mol. The van der Waals surface area contributed by atoms with E-state index in [2.05, 4.69) is 24.2 Å². The maximum atomic E-state index is 11.9. The summed E-state index contributed by atoms with van der Waals surface area (Å²) >= 11 is 1.65. The second kappa shape index (κ2) is 6.08. The lowest BCUT2D eigenvalue weighted by molar-refractivity contribution is -0.117. The van der Waals surface area contributed by atoms with Crippen molar-refractivity contribution >= 4 is 22.8 Å². The third-order valence-electron chi connectivity index (χ3n) is 4.89. The van der Waals surface area contributed by atoms with E-state index >= 15 is 0 Å². The van der Waals surface area contributed by atoms with Gasteiger partial charge in [0, 0.05) is 5.54 Å². The summed E-state index contributed by atoms with van der Waals surface area (Å²) in [6.45, 7) is 4.20. The van der Waals surface area contributed by atoms with E-state index in [4.69, 9.17) is 0 Å². The number of carbonyl (C=O) groups excluding carboxylic acids is 1. The Balaban J connectivity index is 0.00000147. The largest absolute Gasteiger partial charge is 0.359 e. The first kappa shape index (κ1) is 15.9. The maximum absolute atomic E-state index is 11.9. The van der Waals surface area contributed by atoms with Gasteiger partial charge in [-0.3, -0.25) is 4.79 Å². The van der Waals surface area contributed by atoms with Crippen molar-refractivity contribution in [1.82, 2.24) is 5.32 Å². The summed E-state index contributed by atoms with van der Waals surface area (Å²) < 4.78 is 0. The van der Waals surface area contributed by atoms with Crippen LogP contribution in [0.25, 0.3) is 0 Å². The highest BCUT2D eigenvalue weighted by molar-refractivity contribution is 8.15. The van der Waals surface area contributed by atoms with E-state index < -0.39 is 0 Å². The summed E-state index contributed by atoms with van der Waals surface area (Å²) in [5, 5.41) is 4.59. The van der Waals surface area contributed by atoms with Gasteiger partial charge in [-0.1, -0.05) is 58.7 Å². The van der Waals surface area contributed by atoms with Crippen LogP contribution in [0.1, 0.15) is 58.8 Å². The van der Waals surface area contributed by atoms with E-state index in [1.54, 1.807) is 11.8 Å². The van der Waals surface area contributed by atoms with Crippen molar-refractivity contribution in [1.29, 1.82) is 0 Å². The van der Waals surface area contributed by atoms with Gasteiger partial charge in [-0.05, 0) is 31.1 Å². The monoisotopic (exact) mass is 294 g/mol. The van der Waals surface area contributed by atoms with Gasteiger partial charge in [0.2, 0.25) is 0 Å². The highest BCUT2D eigenvalue weighted by Crippen LogP contribution is 2.43. The Hall–Kier alpha value is -0.510. The van der Waals surface area contributed by atoms with E-state index in [1.807, 2.05) is 0 Å². The Labute approximate surface area is 127 Å². The zero-order valence-corrected chi connectivity index (χ0v) is 13.5. The van der Waals surface area contributed by atoms with Crippen LogP contribution in [0.3, 0.4) is 0 Å². The molecular formula is C16H26N2OS. The second-order valence-corrected chi connectivity index (χ2v) is 7.93. The normalized spacial score (nSPS) is 36.5. The second-order valence-electron chi connectivity index (χ2n) is 6.80. The van der Waals surface area contributed by atoms with Gasteiger partial charge in [0.15, 0.2) is 5.17 Å². The number of hydrogen-bond donors (Lipinski definition) is 1. The predicted molar refractivity (Wildman–Crippen MR) is 85.7 cm³/mol. The first-order chi connectivity index (χ1) is 9.08. The van der Waals surface area contributed by atoms with Gasteiger partial charge in [-0.25, -0.2) is 0 Å². The van der Waals surface area contributed by atoms with Crippen LogP contribution >= 0.6 is 11.8 Å². The molecule has 1 unspecified atom stereocenters. The summed E-state index contributed by atoms with van der Waals surface area (Å²) in [6.07, 6.45) is 9.25. The molecule has 1 N–H and O–H groups in total. The number of rotatable bonds is 2. The average molecular weight is 294 g/mol. The fraction of sp³-hybridized carbons (Fsp3) is 0.812. The quantitative estimate of drug-likeness (QED) is 0.845. The zero-order valence-electron chi connectivity index (χ0n) is 12.7. The number of amides is 1. The molecule has 3 nitrogen and oxygen atoms in total. The van der Waals surface area contributed by atoms with Crippen molar-refractivity contribution in [3.8, 4) is 0 Å². The summed E-state index contributed by atoms with van der Waals surface area (Å²) in [6, 6.07) is 0. The molecule has 0 aromatic carbocycles. The van der Waals surface area contributed by atoms with Gasteiger partial charge >= 0.3 is 0 Å². The summed E-state index contributed by atoms with van der Waals surface area (Å²) in [5.41, 5.74) is 0.249. The first-order valence-electron chi connectivity index (χ1n) is 7.65. The minimum Gasteiger partial charge on any atom is -0.359 e. The Morgan fingerprint density at radius 2 is 1.95 bits per heavy atom. The molecule has 4 heteroatoms. The van der Waals surface area contributed by atoms with Gasteiger partial charge in [-0.2, -0.15) is 4.99 Å². The molecule has 3 rings (SSSR count). The van der Waals surface area contributed by atoms with Crippen molar-refractivity contribution in [2.45, 2.75) is 69.6 Å². The molecule has 0 saturated heterocycles. The van der Waals surface area contributed by atoms with Crippen molar-refractivity contribution in [2.24, 2.45) is 16.8 Å². The minimum atomic E-state index is 0. The van der Waals surface area contributed by atoms with Gasteiger partial charge in [-0.15, -0.1) is 0 Å². The topological polar surface area (TPSA) is 41.5 Å². The van der Waals surface area contributed by atoms with Gasteiger partial charge in [0.1, 0.15) is 0 Å². The fourth-order valence-electron chi connectivity index (χ4n) is 3.93. The molecule has 112 valence electrons. The number of thioether (sulfide) groups is 1. The summed E-state index contributed by atoms with van der Waals surface area (Å²) in [5.74, 6) is 1.32. The van der Waals surface area contributed by atoms with E-state index in [0.717, 1.165) is 11.1 Å². The smallest absolute Gasteiger partial charge is 0.261 e. The third kappa shape index (κ3) is 3.05. The standard InChI is InChI=1S/C15H24N2OS.CH2/c1-10(2)12-13(18)16-14(19-12)17-15-7-3-5-11(9-15)6-4-8-15;/h10-12H,3-9H2,1-2H3,(H,16,17,18);1H2. The number of fused-ring (bicyclic) bond motifs is 2. The van der Waals surface area contributed by atoms with E-state index in [0.29, 0.717) is 5.92 Å². The lowest BCUT2D eigenvalue weighted by atomic mass is 9.67. The average Bonchev–Trinajstić information content (AvgIpc) is 2.70. The molecule has 2 aliphatic carbocycles. The van der Waals surface area contributed by atoms with Gasteiger partial charge < -0.3 is 5.32 Å². The molecule has 1 atom stereocenters. The van der Waals surface area contributed by atoms with Gasteiger partial charge in [0.05, 0.1) is 5.25 Å². The predicted octanol–water partition coefficient (Wildman–Crippen LogP) is 3.67. The van der Waals surface area contributed by atoms with Crippen LogP contribution < -0.4 is 5.32 Å². The molecule has 2 saturated carbocycles. The van der Waals surface area contributed by atoms with Crippen LogP contribution in [0.2, 0.25) is 0 Å². The van der Waals surface area contributed by atoms with E-state index in [1.165, 1.54) is 44.9 Å². The van der Waals surface area contributed by atoms with Gasteiger partial charge in [0.25, 0.3) is 5.91 Å². The van der Waals surface area contributed by atoms with Crippen LogP contribution in [-0.2, 0) is 4.79 Å². The molecule has 1 amide bonds. The number of nitrogens with one attached hydrogen (secondary N) is 1. The molecule has 3 aliphatic rings. The first-order valence-corrected chi connectivity index (χ1v) is 8.53. The van der Waals surface area contributed by atoms with Crippen molar-refractivity contribution in [3.05, 3.63) is 7.43 Å². The lowest BCUT2D eigenvalue weighted by Gasteiger charge is -2.46. The minimum absolute atomic E-state index is 0. The van der Waals surface area contributed by atoms with Crippen molar-refractivity contribution in [3.63, 3.8) is 0 Å². The molecule has 0 aromatic rings. The SMILES string of the molecule is CC(C)C1SC(NC23CCCC(CCC2)C3)=NC1=O.[CH2]. The Bertz CT molecular complexity index is 395. The summed E-state index contributed by atoms with van der Waals surface area (Å²) in [7, 11) is 0. The maximum Gasteiger partial charge on any atom is 0.261 e. The van der Waals surface area contributed by atoms with Crippen LogP contribution in [0.4, 0.5) is 0 Å². The van der Waals surface area contributed by atoms with Crippen LogP contribution in [-0.4, -0.2) is 21.9 Å². The number of carbonyl (C=O) groups is 1. The summed E-state index contributed by atoms with van der Waals surface area (Å²) in [4.78, 5) is 16.1. The number of aliphatic imine (C=N–C) groups is 1. The van der Waals surface area contributed by atoms with Crippen LogP contribution in [0, 0.1) is 19.3 Å². The molecule has 2 fully saturated rings. The molecule has 2 bridgehead atoms. The third-order valence-corrected chi connectivity index (χ3v) is 6.30. The fourth-order valence-corrected chi connectivity index (χ4v) is 5.01. The molecule has 2 radical (unpaired) electrons. The molecule has 0 aromatic heterocycles. The number of amidine groups is 1. The van der Waals surface area contributed by atoms with Crippen LogP contribution in [0.5, 0.6) is 0 Å².